The maximum atomic E-state index is 12.2. The van der Waals surface area contributed by atoms with Gasteiger partial charge in [-0.15, -0.1) is 0 Å². The third-order valence-corrected chi connectivity index (χ3v) is 3.98. The Morgan fingerprint density at radius 1 is 1.04 bits per heavy atom. The zero-order valence-electron chi connectivity index (χ0n) is 14.9. The summed E-state index contributed by atoms with van der Waals surface area (Å²) in [6.45, 7) is 1.65. The lowest BCUT2D eigenvalue weighted by Gasteiger charge is -2.21. The van der Waals surface area contributed by atoms with Crippen molar-refractivity contribution in [3.05, 3.63) is 53.1 Å². The lowest BCUT2D eigenvalue weighted by atomic mass is 10.2. The Hall–Kier alpha value is -2.73. The van der Waals surface area contributed by atoms with E-state index in [0.717, 1.165) is 5.56 Å². The maximum absolute atomic E-state index is 12.2. The van der Waals surface area contributed by atoms with Crippen LogP contribution in [0.4, 0.5) is 5.69 Å². The molecule has 0 saturated heterocycles. The summed E-state index contributed by atoms with van der Waals surface area (Å²) in [6, 6.07) is 12.1. The van der Waals surface area contributed by atoms with Gasteiger partial charge in [0.25, 0.3) is 0 Å². The van der Waals surface area contributed by atoms with Gasteiger partial charge >= 0.3 is 0 Å². The molecule has 0 aromatic heterocycles. The second-order valence-electron chi connectivity index (χ2n) is 5.62. The first-order valence-corrected chi connectivity index (χ1v) is 8.32. The van der Waals surface area contributed by atoms with Crippen LogP contribution in [0.3, 0.4) is 0 Å². The zero-order valence-corrected chi connectivity index (χ0v) is 15.7. The summed E-state index contributed by atoms with van der Waals surface area (Å²) in [6.07, 6.45) is 0. The molecule has 2 aromatic rings. The molecule has 2 amide bonds. The van der Waals surface area contributed by atoms with Crippen LogP contribution in [0.15, 0.2) is 42.5 Å². The van der Waals surface area contributed by atoms with Gasteiger partial charge in [0.1, 0.15) is 6.54 Å². The van der Waals surface area contributed by atoms with E-state index in [9.17, 15) is 9.59 Å². The molecule has 0 heterocycles. The monoisotopic (exact) mass is 376 g/mol. The van der Waals surface area contributed by atoms with Gasteiger partial charge in [0, 0.05) is 24.2 Å². The third kappa shape index (κ3) is 5.39. The highest BCUT2D eigenvalue weighted by Gasteiger charge is 2.15. The molecule has 1 N–H and O–H groups in total. The molecule has 7 heteroatoms. The van der Waals surface area contributed by atoms with Crippen molar-refractivity contribution >= 4 is 29.1 Å². The molecule has 0 aliphatic rings. The van der Waals surface area contributed by atoms with Crippen LogP contribution in [0.2, 0.25) is 5.02 Å². The van der Waals surface area contributed by atoms with Gasteiger partial charge in [-0.2, -0.15) is 0 Å². The molecular weight excluding hydrogens is 356 g/mol. The van der Waals surface area contributed by atoms with Crippen LogP contribution in [0.25, 0.3) is 0 Å². The summed E-state index contributed by atoms with van der Waals surface area (Å²) in [4.78, 5) is 25.6. The highest BCUT2D eigenvalue weighted by Crippen LogP contribution is 2.28. The van der Waals surface area contributed by atoms with Gasteiger partial charge in [-0.25, -0.2) is 0 Å². The lowest BCUT2D eigenvalue weighted by Crippen LogP contribution is -2.36. The number of ether oxygens (including phenoxy) is 2. The minimum absolute atomic E-state index is 0.0632. The molecule has 0 atom stereocenters. The van der Waals surface area contributed by atoms with E-state index in [0.29, 0.717) is 22.2 Å². The van der Waals surface area contributed by atoms with Crippen molar-refractivity contribution in [2.45, 2.75) is 13.5 Å². The van der Waals surface area contributed by atoms with Crippen molar-refractivity contribution < 1.29 is 19.1 Å². The number of hydrogen-bond acceptors (Lipinski definition) is 4. The second-order valence-corrected chi connectivity index (χ2v) is 6.06. The van der Waals surface area contributed by atoms with Crippen molar-refractivity contribution in [1.29, 1.82) is 0 Å². The summed E-state index contributed by atoms with van der Waals surface area (Å²) < 4.78 is 10.5. The first kappa shape index (κ1) is 19.6. The smallest absolute Gasteiger partial charge is 0.244 e. The zero-order chi connectivity index (χ0) is 19.1. The Morgan fingerprint density at radius 3 is 2.27 bits per heavy atom. The van der Waals surface area contributed by atoms with E-state index in [1.807, 2.05) is 6.07 Å². The molecule has 26 heavy (non-hydrogen) atoms. The average molecular weight is 377 g/mol. The van der Waals surface area contributed by atoms with Crippen molar-refractivity contribution in [3.8, 4) is 11.5 Å². The molecule has 0 aliphatic carbocycles. The summed E-state index contributed by atoms with van der Waals surface area (Å²) in [5.74, 6) is 0.680. The van der Waals surface area contributed by atoms with Crippen LogP contribution >= 0.6 is 11.6 Å². The largest absolute Gasteiger partial charge is 0.493 e. The number of halogens is 1. The molecule has 0 saturated carbocycles. The minimum Gasteiger partial charge on any atom is -0.493 e. The SMILES string of the molecule is COc1ccc(CN(CC(=O)Nc2ccc(Cl)cc2)C(C)=O)cc1OC. The number of carbonyl (C=O) groups is 2. The van der Waals surface area contributed by atoms with E-state index in [4.69, 9.17) is 21.1 Å². The first-order chi connectivity index (χ1) is 12.4. The van der Waals surface area contributed by atoms with Gasteiger partial charge in [-0.3, -0.25) is 9.59 Å². The van der Waals surface area contributed by atoms with Crippen LogP contribution in [-0.2, 0) is 16.1 Å². The Balaban J connectivity index is 2.05. The molecule has 0 radical (unpaired) electrons. The number of nitrogens with one attached hydrogen (secondary N) is 1. The molecule has 0 aliphatic heterocycles. The van der Waals surface area contributed by atoms with E-state index in [2.05, 4.69) is 5.32 Å². The minimum atomic E-state index is -0.289. The van der Waals surface area contributed by atoms with Gasteiger partial charge in [0.15, 0.2) is 11.5 Å². The van der Waals surface area contributed by atoms with E-state index in [1.54, 1.807) is 50.6 Å². The molecular formula is C19H21ClN2O4. The van der Waals surface area contributed by atoms with Crippen LogP contribution in [0.1, 0.15) is 12.5 Å². The van der Waals surface area contributed by atoms with Gasteiger partial charge in [-0.05, 0) is 42.0 Å². The molecule has 2 aromatic carbocycles. The predicted octanol–water partition coefficient (Wildman–Crippen LogP) is 3.34. The summed E-state index contributed by atoms with van der Waals surface area (Å²) >= 11 is 5.83. The third-order valence-electron chi connectivity index (χ3n) is 3.73. The molecule has 0 unspecified atom stereocenters. The van der Waals surface area contributed by atoms with E-state index >= 15 is 0 Å². The predicted molar refractivity (Wildman–Crippen MR) is 101 cm³/mol. The highest BCUT2D eigenvalue weighted by molar-refractivity contribution is 6.30. The normalized spacial score (nSPS) is 10.2. The summed E-state index contributed by atoms with van der Waals surface area (Å²) in [7, 11) is 3.10. The molecule has 6 nitrogen and oxygen atoms in total. The Morgan fingerprint density at radius 2 is 1.69 bits per heavy atom. The number of amides is 2. The van der Waals surface area contributed by atoms with Crippen LogP contribution in [0, 0.1) is 0 Å². The van der Waals surface area contributed by atoms with Crippen molar-refractivity contribution in [3.63, 3.8) is 0 Å². The van der Waals surface area contributed by atoms with Crippen LogP contribution in [0.5, 0.6) is 11.5 Å². The van der Waals surface area contributed by atoms with Crippen LogP contribution < -0.4 is 14.8 Å². The van der Waals surface area contributed by atoms with Crippen molar-refractivity contribution in [2.75, 3.05) is 26.1 Å². The van der Waals surface area contributed by atoms with E-state index in [-0.39, 0.29) is 24.9 Å². The fourth-order valence-corrected chi connectivity index (χ4v) is 2.51. The van der Waals surface area contributed by atoms with Gasteiger partial charge in [-0.1, -0.05) is 17.7 Å². The number of hydrogen-bond donors (Lipinski definition) is 1. The number of rotatable bonds is 7. The van der Waals surface area contributed by atoms with Crippen LogP contribution in [-0.4, -0.2) is 37.5 Å². The second kappa shape index (κ2) is 9.10. The van der Waals surface area contributed by atoms with Gasteiger partial charge in [0.2, 0.25) is 11.8 Å². The Labute approximate surface area is 157 Å². The standard InChI is InChI=1S/C19H21ClN2O4/c1-13(23)22(11-14-4-9-17(25-2)18(10-14)26-3)12-19(24)21-16-7-5-15(20)6-8-16/h4-10H,11-12H2,1-3H3,(H,21,24). The Kier molecular flexibility index (Phi) is 6.86. The van der Waals surface area contributed by atoms with Crippen molar-refractivity contribution in [1.82, 2.24) is 4.90 Å². The highest BCUT2D eigenvalue weighted by atomic mass is 35.5. The maximum Gasteiger partial charge on any atom is 0.244 e. The first-order valence-electron chi connectivity index (χ1n) is 7.94. The van der Waals surface area contributed by atoms with Gasteiger partial charge in [0.05, 0.1) is 14.2 Å². The number of benzene rings is 2. The quantitative estimate of drug-likeness (QED) is 0.804. The molecule has 0 fully saturated rings. The fourth-order valence-electron chi connectivity index (χ4n) is 2.39. The summed E-state index contributed by atoms with van der Waals surface area (Å²) in [5, 5.41) is 3.33. The number of anilines is 1. The van der Waals surface area contributed by atoms with Gasteiger partial charge < -0.3 is 19.7 Å². The topological polar surface area (TPSA) is 67.9 Å². The lowest BCUT2D eigenvalue weighted by molar-refractivity contribution is -0.133. The number of nitrogens with zero attached hydrogens (tertiary/aromatic N) is 1. The van der Waals surface area contributed by atoms with E-state index < -0.39 is 0 Å². The van der Waals surface area contributed by atoms with Crippen molar-refractivity contribution in [2.24, 2.45) is 0 Å². The molecule has 0 spiro atoms. The molecule has 138 valence electrons. The Bertz CT molecular complexity index is 778. The molecule has 2 rings (SSSR count). The number of methoxy groups -OCH3 is 2. The molecule has 0 bridgehead atoms. The average Bonchev–Trinajstić information content (AvgIpc) is 2.62. The van der Waals surface area contributed by atoms with E-state index in [1.165, 1.54) is 11.8 Å². The number of carbonyl (C=O) groups excluding carboxylic acids is 2. The summed E-state index contributed by atoms with van der Waals surface area (Å²) in [5.41, 5.74) is 1.45. The fraction of sp³-hybridized carbons (Fsp3) is 0.263.